The number of thioether (sulfide) groups is 1. The number of hydrogen-bond donors (Lipinski definition) is 1. The third kappa shape index (κ3) is 3.06. The van der Waals surface area contributed by atoms with Gasteiger partial charge in [-0.05, 0) is 31.2 Å². The maximum Gasteiger partial charge on any atom is 0.324 e. The standard InChI is InChI=1S/C19H18N4O2S/c1-13-6-8-14(9-7-13)23-16-5-3-2-4-15(16)21-19(23)26-12-17(24)22-11-10-20-18(22)25/h2-9H,10-12H2,1H3,(H,20,25). The molecule has 1 aliphatic rings. The van der Waals surface area contributed by atoms with Crippen molar-refractivity contribution in [3.05, 3.63) is 54.1 Å². The first-order valence-corrected chi connectivity index (χ1v) is 9.37. The highest BCUT2D eigenvalue weighted by molar-refractivity contribution is 7.99. The van der Waals surface area contributed by atoms with Crippen LogP contribution in [0.2, 0.25) is 0 Å². The van der Waals surface area contributed by atoms with E-state index in [0.29, 0.717) is 13.1 Å². The highest BCUT2D eigenvalue weighted by Gasteiger charge is 2.26. The molecule has 7 heteroatoms. The Balaban J connectivity index is 1.66. The lowest BCUT2D eigenvalue weighted by molar-refractivity contribution is -0.124. The van der Waals surface area contributed by atoms with E-state index in [4.69, 9.17) is 0 Å². The van der Waals surface area contributed by atoms with Crippen LogP contribution in [0.4, 0.5) is 4.79 Å². The van der Waals surface area contributed by atoms with E-state index < -0.39 is 0 Å². The lowest BCUT2D eigenvalue weighted by Gasteiger charge is -2.12. The number of nitrogens with one attached hydrogen (secondary N) is 1. The van der Waals surface area contributed by atoms with Gasteiger partial charge in [-0.3, -0.25) is 14.3 Å². The number of aromatic nitrogens is 2. The van der Waals surface area contributed by atoms with Crippen molar-refractivity contribution >= 4 is 34.7 Å². The molecule has 26 heavy (non-hydrogen) atoms. The lowest BCUT2D eigenvalue weighted by Crippen LogP contribution is -2.35. The van der Waals surface area contributed by atoms with Crippen LogP contribution in [0, 0.1) is 6.92 Å². The van der Waals surface area contributed by atoms with Crippen LogP contribution in [0.1, 0.15) is 5.56 Å². The zero-order chi connectivity index (χ0) is 18.1. The number of amides is 3. The summed E-state index contributed by atoms with van der Waals surface area (Å²) >= 11 is 1.35. The Labute approximate surface area is 155 Å². The first kappa shape index (κ1) is 16.7. The van der Waals surface area contributed by atoms with E-state index in [0.717, 1.165) is 21.9 Å². The van der Waals surface area contributed by atoms with Gasteiger partial charge in [0.25, 0.3) is 0 Å². The molecule has 3 amide bonds. The van der Waals surface area contributed by atoms with Crippen LogP contribution in [0.5, 0.6) is 0 Å². The van der Waals surface area contributed by atoms with Crippen LogP contribution in [0.25, 0.3) is 16.7 Å². The summed E-state index contributed by atoms with van der Waals surface area (Å²) in [6.07, 6.45) is 0. The Morgan fingerprint density at radius 2 is 1.96 bits per heavy atom. The van der Waals surface area contributed by atoms with Gasteiger partial charge in [0.05, 0.1) is 16.8 Å². The average Bonchev–Trinajstić information content (AvgIpc) is 3.24. The van der Waals surface area contributed by atoms with Crippen molar-refractivity contribution in [2.75, 3.05) is 18.8 Å². The van der Waals surface area contributed by atoms with Crippen molar-refractivity contribution in [3.8, 4) is 5.69 Å². The summed E-state index contributed by atoms with van der Waals surface area (Å²) in [6, 6.07) is 15.8. The first-order valence-electron chi connectivity index (χ1n) is 8.39. The predicted molar refractivity (Wildman–Crippen MR) is 102 cm³/mol. The second kappa shape index (κ2) is 6.84. The number of urea groups is 1. The van der Waals surface area contributed by atoms with E-state index in [1.807, 2.05) is 43.3 Å². The molecule has 132 valence electrons. The van der Waals surface area contributed by atoms with E-state index in [1.165, 1.54) is 22.2 Å². The van der Waals surface area contributed by atoms with Crippen LogP contribution < -0.4 is 5.32 Å². The SMILES string of the molecule is Cc1ccc(-n2c(SCC(=O)N3CCNC3=O)nc3ccccc32)cc1. The monoisotopic (exact) mass is 366 g/mol. The highest BCUT2D eigenvalue weighted by Crippen LogP contribution is 2.28. The van der Waals surface area contributed by atoms with Gasteiger partial charge in [0.1, 0.15) is 0 Å². The number of carbonyl (C=O) groups excluding carboxylic acids is 2. The molecule has 0 bridgehead atoms. The molecule has 1 saturated heterocycles. The molecule has 0 saturated carbocycles. The van der Waals surface area contributed by atoms with Gasteiger partial charge in [-0.15, -0.1) is 0 Å². The fourth-order valence-electron chi connectivity index (χ4n) is 2.96. The van der Waals surface area contributed by atoms with E-state index in [2.05, 4.69) is 27.0 Å². The molecular weight excluding hydrogens is 348 g/mol. The minimum absolute atomic E-state index is 0.169. The molecule has 6 nitrogen and oxygen atoms in total. The van der Waals surface area contributed by atoms with Crippen molar-refractivity contribution < 1.29 is 9.59 Å². The number of hydrogen-bond acceptors (Lipinski definition) is 4. The predicted octanol–water partition coefficient (Wildman–Crippen LogP) is 2.98. The number of aryl methyl sites for hydroxylation is 1. The molecule has 1 N–H and O–H groups in total. The van der Waals surface area contributed by atoms with Gasteiger partial charge < -0.3 is 5.32 Å². The van der Waals surface area contributed by atoms with Crippen molar-refractivity contribution in [2.45, 2.75) is 12.1 Å². The minimum atomic E-state index is -0.317. The van der Waals surface area contributed by atoms with Crippen molar-refractivity contribution in [1.82, 2.24) is 19.8 Å². The van der Waals surface area contributed by atoms with Gasteiger partial charge in [-0.25, -0.2) is 9.78 Å². The van der Waals surface area contributed by atoms with Gasteiger partial charge in [-0.2, -0.15) is 0 Å². The van der Waals surface area contributed by atoms with Crippen LogP contribution >= 0.6 is 11.8 Å². The second-order valence-electron chi connectivity index (χ2n) is 6.12. The number of nitrogens with zero attached hydrogens (tertiary/aromatic N) is 3. The second-order valence-corrected chi connectivity index (χ2v) is 7.06. The van der Waals surface area contributed by atoms with Gasteiger partial charge in [0, 0.05) is 18.8 Å². The third-order valence-corrected chi connectivity index (χ3v) is 5.23. The zero-order valence-electron chi connectivity index (χ0n) is 14.3. The van der Waals surface area contributed by atoms with E-state index >= 15 is 0 Å². The molecule has 1 aliphatic heterocycles. The first-order chi connectivity index (χ1) is 12.6. The van der Waals surface area contributed by atoms with Gasteiger partial charge in [0.2, 0.25) is 5.91 Å². The molecule has 2 heterocycles. The van der Waals surface area contributed by atoms with Crippen molar-refractivity contribution in [1.29, 1.82) is 0 Å². The summed E-state index contributed by atoms with van der Waals surface area (Å²) < 4.78 is 2.05. The van der Waals surface area contributed by atoms with E-state index in [1.54, 1.807) is 0 Å². The van der Waals surface area contributed by atoms with E-state index in [9.17, 15) is 9.59 Å². The number of para-hydroxylation sites is 2. The topological polar surface area (TPSA) is 67.2 Å². The molecule has 3 aromatic rings. The molecule has 2 aromatic carbocycles. The fraction of sp³-hybridized carbons (Fsp3) is 0.211. The van der Waals surface area contributed by atoms with E-state index in [-0.39, 0.29) is 17.7 Å². The maximum absolute atomic E-state index is 12.3. The fourth-order valence-corrected chi connectivity index (χ4v) is 3.86. The Morgan fingerprint density at radius 3 is 2.69 bits per heavy atom. The Kier molecular flexibility index (Phi) is 4.38. The molecule has 0 unspecified atom stereocenters. The largest absolute Gasteiger partial charge is 0.336 e. The number of benzene rings is 2. The molecule has 1 aromatic heterocycles. The summed E-state index contributed by atoms with van der Waals surface area (Å²) in [5.74, 6) is -0.0321. The number of imide groups is 1. The smallest absolute Gasteiger partial charge is 0.324 e. The average molecular weight is 366 g/mol. The Bertz CT molecular complexity index is 981. The lowest BCUT2D eigenvalue weighted by atomic mass is 10.2. The molecule has 0 aliphatic carbocycles. The summed E-state index contributed by atoms with van der Waals surface area (Å²) in [5, 5.41) is 3.39. The zero-order valence-corrected chi connectivity index (χ0v) is 15.1. The number of fused-ring (bicyclic) bond motifs is 1. The van der Waals surface area contributed by atoms with Gasteiger partial charge in [-0.1, -0.05) is 41.6 Å². The van der Waals surface area contributed by atoms with Crippen LogP contribution in [0.15, 0.2) is 53.7 Å². The quantitative estimate of drug-likeness (QED) is 0.721. The van der Waals surface area contributed by atoms with Crippen molar-refractivity contribution in [3.63, 3.8) is 0 Å². The Hall–Kier alpha value is -2.80. The van der Waals surface area contributed by atoms with Gasteiger partial charge >= 0.3 is 6.03 Å². The van der Waals surface area contributed by atoms with Crippen molar-refractivity contribution in [2.24, 2.45) is 0 Å². The molecule has 0 radical (unpaired) electrons. The molecule has 0 atom stereocenters. The van der Waals surface area contributed by atoms with Crippen LogP contribution in [0.3, 0.4) is 0 Å². The summed E-state index contributed by atoms with van der Waals surface area (Å²) in [6.45, 7) is 2.98. The maximum atomic E-state index is 12.3. The molecule has 0 spiro atoms. The van der Waals surface area contributed by atoms with Gasteiger partial charge in [0.15, 0.2) is 5.16 Å². The molecule has 4 rings (SSSR count). The summed E-state index contributed by atoms with van der Waals surface area (Å²) in [4.78, 5) is 29.9. The van der Waals surface area contributed by atoms with Crippen LogP contribution in [-0.2, 0) is 4.79 Å². The molecular formula is C19H18N4O2S. The normalized spacial score (nSPS) is 14.0. The van der Waals surface area contributed by atoms with Crippen LogP contribution in [-0.4, -0.2) is 45.2 Å². The summed E-state index contributed by atoms with van der Waals surface area (Å²) in [5.41, 5.74) is 4.05. The minimum Gasteiger partial charge on any atom is -0.336 e. The number of imidazole rings is 1. The number of carbonyl (C=O) groups is 2. The third-order valence-electron chi connectivity index (χ3n) is 4.30. The number of rotatable bonds is 4. The highest BCUT2D eigenvalue weighted by atomic mass is 32.2. The molecule has 1 fully saturated rings. The Morgan fingerprint density at radius 1 is 1.19 bits per heavy atom. The summed E-state index contributed by atoms with van der Waals surface area (Å²) in [7, 11) is 0.